The van der Waals surface area contributed by atoms with Crippen molar-refractivity contribution in [3.8, 4) is 0 Å². The maximum absolute atomic E-state index is 12.7. The molecule has 0 saturated carbocycles. The average Bonchev–Trinajstić information content (AvgIpc) is 3.22. The monoisotopic (exact) mass is 483 g/mol. The van der Waals surface area contributed by atoms with Crippen LogP contribution in [-0.2, 0) is 10.0 Å². The Kier molecular flexibility index (Phi) is 6.03. The van der Waals surface area contributed by atoms with E-state index in [-0.39, 0.29) is 26.9 Å². The number of halogens is 1. The summed E-state index contributed by atoms with van der Waals surface area (Å²) in [6, 6.07) is 15.4. The summed E-state index contributed by atoms with van der Waals surface area (Å²) in [5.74, 6) is -1.31. The van der Waals surface area contributed by atoms with Crippen LogP contribution in [0.25, 0.3) is 5.65 Å². The second-order valence-corrected chi connectivity index (χ2v) is 9.21. The molecule has 0 aliphatic heterocycles. The van der Waals surface area contributed by atoms with Crippen LogP contribution in [0.4, 0.5) is 5.69 Å². The molecule has 0 unspecified atom stereocenters. The first kappa shape index (κ1) is 22.3. The predicted molar refractivity (Wildman–Crippen MR) is 124 cm³/mol. The van der Waals surface area contributed by atoms with Crippen molar-refractivity contribution in [1.29, 1.82) is 0 Å². The van der Waals surface area contributed by atoms with Crippen LogP contribution in [-0.4, -0.2) is 29.6 Å². The summed E-state index contributed by atoms with van der Waals surface area (Å²) in [6.45, 7) is 1.91. The number of pyridine rings is 1. The normalized spacial score (nSPS) is 11.2. The number of rotatable bonds is 5. The van der Waals surface area contributed by atoms with Crippen molar-refractivity contribution in [2.24, 2.45) is 0 Å². The molecular formula is C22H18ClN5O4S. The number of carbonyl (C=O) groups is 2. The summed E-state index contributed by atoms with van der Waals surface area (Å²) >= 11 is 6.02. The first-order valence-electron chi connectivity index (χ1n) is 9.66. The summed E-state index contributed by atoms with van der Waals surface area (Å²) < 4.78 is 29.5. The lowest BCUT2D eigenvalue weighted by atomic mass is 10.2. The highest BCUT2D eigenvalue weighted by atomic mass is 35.5. The molecule has 0 aliphatic rings. The van der Waals surface area contributed by atoms with E-state index in [0.29, 0.717) is 5.65 Å². The van der Waals surface area contributed by atoms with E-state index >= 15 is 0 Å². The number of fused-ring (bicyclic) bond motifs is 1. The molecule has 168 valence electrons. The Morgan fingerprint density at radius 1 is 0.970 bits per heavy atom. The van der Waals surface area contributed by atoms with E-state index in [2.05, 4.69) is 20.6 Å². The number of hydrazine groups is 1. The molecule has 2 aromatic heterocycles. The standard InChI is InChI=1S/C22H18ClN5O4S/c1-14-9-10-28-13-19(24-20(28)11-14)22(30)26-25-21(29)15-5-4-6-16(12-15)33(31,32)27-18-8-3-2-7-17(18)23/h2-13,27H,1H3,(H,25,29)(H,26,30). The van der Waals surface area contributed by atoms with Gasteiger partial charge in [-0.3, -0.25) is 25.2 Å². The van der Waals surface area contributed by atoms with Gasteiger partial charge < -0.3 is 4.40 Å². The van der Waals surface area contributed by atoms with E-state index in [4.69, 9.17) is 11.6 Å². The first-order chi connectivity index (χ1) is 15.7. The van der Waals surface area contributed by atoms with Crippen LogP contribution < -0.4 is 15.6 Å². The minimum atomic E-state index is -4.00. The summed E-state index contributed by atoms with van der Waals surface area (Å²) in [4.78, 5) is 29.0. The fraction of sp³-hybridized carbons (Fsp3) is 0.0455. The second kappa shape index (κ2) is 8.93. The first-order valence-corrected chi connectivity index (χ1v) is 11.5. The van der Waals surface area contributed by atoms with Crippen LogP contribution in [0.3, 0.4) is 0 Å². The Balaban J connectivity index is 1.46. The second-order valence-electron chi connectivity index (χ2n) is 7.12. The molecule has 2 amide bonds. The number of benzene rings is 2. The fourth-order valence-electron chi connectivity index (χ4n) is 3.00. The van der Waals surface area contributed by atoms with Gasteiger partial charge in [0.1, 0.15) is 11.3 Å². The molecule has 11 heteroatoms. The lowest BCUT2D eigenvalue weighted by molar-refractivity contribution is 0.0844. The average molecular weight is 484 g/mol. The Labute approximate surface area is 194 Å². The molecule has 0 saturated heterocycles. The third-order valence-corrected chi connectivity index (χ3v) is 6.36. The number of hydrogen-bond donors (Lipinski definition) is 3. The van der Waals surface area contributed by atoms with Crippen molar-refractivity contribution in [3.63, 3.8) is 0 Å². The molecule has 3 N–H and O–H groups in total. The van der Waals surface area contributed by atoms with E-state index in [1.54, 1.807) is 28.8 Å². The molecule has 0 atom stereocenters. The summed E-state index contributed by atoms with van der Waals surface area (Å²) in [5, 5.41) is 0.236. The molecular weight excluding hydrogens is 466 g/mol. The van der Waals surface area contributed by atoms with Gasteiger partial charge in [-0.05, 0) is 55.0 Å². The highest BCUT2D eigenvalue weighted by Crippen LogP contribution is 2.24. The van der Waals surface area contributed by atoms with Crippen LogP contribution in [0, 0.1) is 6.92 Å². The number of aryl methyl sites for hydroxylation is 1. The Morgan fingerprint density at radius 3 is 2.52 bits per heavy atom. The Hall–Kier alpha value is -3.89. The number of carbonyl (C=O) groups excluding carboxylic acids is 2. The topological polar surface area (TPSA) is 122 Å². The molecule has 33 heavy (non-hydrogen) atoms. The van der Waals surface area contributed by atoms with Gasteiger partial charge in [-0.2, -0.15) is 0 Å². The number of imidazole rings is 1. The number of anilines is 1. The molecule has 0 bridgehead atoms. The highest BCUT2D eigenvalue weighted by Gasteiger charge is 2.18. The van der Waals surface area contributed by atoms with Crippen molar-refractivity contribution in [1.82, 2.24) is 20.2 Å². The van der Waals surface area contributed by atoms with Crippen molar-refractivity contribution >= 4 is 44.8 Å². The van der Waals surface area contributed by atoms with Crippen LogP contribution in [0.1, 0.15) is 26.4 Å². The van der Waals surface area contributed by atoms with Crippen molar-refractivity contribution in [3.05, 3.63) is 94.9 Å². The van der Waals surface area contributed by atoms with Gasteiger partial charge in [0, 0.05) is 18.0 Å². The van der Waals surface area contributed by atoms with Gasteiger partial charge in [0.05, 0.1) is 15.6 Å². The van der Waals surface area contributed by atoms with Gasteiger partial charge in [-0.1, -0.05) is 29.8 Å². The minimum Gasteiger partial charge on any atom is -0.306 e. The van der Waals surface area contributed by atoms with E-state index in [0.717, 1.165) is 5.56 Å². The summed E-state index contributed by atoms with van der Waals surface area (Å²) in [5.41, 5.74) is 6.49. The largest absolute Gasteiger partial charge is 0.306 e. The highest BCUT2D eigenvalue weighted by molar-refractivity contribution is 7.92. The number of hydrogen-bond acceptors (Lipinski definition) is 5. The number of sulfonamides is 1. The Morgan fingerprint density at radius 2 is 1.73 bits per heavy atom. The third-order valence-electron chi connectivity index (χ3n) is 4.66. The lowest BCUT2D eigenvalue weighted by Crippen LogP contribution is -2.41. The molecule has 0 spiro atoms. The van der Waals surface area contributed by atoms with Crippen LogP contribution in [0.15, 0.2) is 78.0 Å². The molecule has 9 nitrogen and oxygen atoms in total. The fourth-order valence-corrected chi connectivity index (χ4v) is 4.36. The maximum atomic E-state index is 12.7. The smallest absolute Gasteiger partial charge is 0.289 e. The molecule has 2 heterocycles. The molecule has 0 fully saturated rings. The number of para-hydroxylation sites is 1. The minimum absolute atomic E-state index is 0.0305. The SMILES string of the molecule is Cc1ccn2cc(C(=O)NNC(=O)c3cccc(S(=O)(=O)Nc4ccccc4Cl)c3)nc2c1. The van der Waals surface area contributed by atoms with Gasteiger partial charge >= 0.3 is 0 Å². The van der Waals surface area contributed by atoms with Gasteiger partial charge in [-0.25, -0.2) is 13.4 Å². The third kappa shape index (κ3) is 4.97. The zero-order valence-corrected chi connectivity index (χ0v) is 18.8. The van der Waals surface area contributed by atoms with Crippen LogP contribution in [0.2, 0.25) is 5.02 Å². The molecule has 0 aliphatic carbocycles. The number of amides is 2. The van der Waals surface area contributed by atoms with Gasteiger partial charge in [0.15, 0.2) is 0 Å². The maximum Gasteiger partial charge on any atom is 0.289 e. The van der Waals surface area contributed by atoms with Gasteiger partial charge in [0.25, 0.3) is 21.8 Å². The molecule has 0 radical (unpaired) electrons. The van der Waals surface area contributed by atoms with E-state index in [9.17, 15) is 18.0 Å². The summed E-state index contributed by atoms with van der Waals surface area (Å²) in [6.07, 6.45) is 3.31. The molecule has 4 aromatic rings. The van der Waals surface area contributed by atoms with Gasteiger partial charge in [0.2, 0.25) is 0 Å². The van der Waals surface area contributed by atoms with Crippen molar-refractivity contribution in [2.75, 3.05) is 4.72 Å². The van der Waals surface area contributed by atoms with Gasteiger partial charge in [-0.15, -0.1) is 0 Å². The number of nitrogens with zero attached hydrogens (tertiary/aromatic N) is 2. The Bertz CT molecular complexity index is 1480. The van der Waals surface area contributed by atoms with Crippen LogP contribution in [0.5, 0.6) is 0 Å². The summed E-state index contributed by atoms with van der Waals surface area (Å²) in [7, 11) is -4.00. The van der Waals surface area contributed by atoms with Crippen molar-refractivity contribution in [2.45, 2.75) is 11.8 Å². The number of aromatic nitrogens is 2. The van der Waals surface area contributed by atoms with E-state index < -0.39 is 21.8 Å². The van der Waals surface area contributed by atoms with Crippen LogP contribution >= 0.6 is 11.6 Å². The number of nitrogens with one attached hydrogen (secondary N) is 3. The van der Waals surface area contributed by atoms with E-state index in [1.165, 1.54) is 36.5 Å². The lowest BCUT2D eigenvalue weighted by Gasteiger charge is -2.11. The quantitative estimate of drug-likeness (QED) is 0.376. The zero-order chi connectivity index (χ0) is 23.6. The molecule has 2 aromatic carbocycles. The van der Waals surface area contributed by atoms with Crippen molar-refractivity contribution < 1.29 is 18.0 Å². The predicted octanol–water partition coefficient (Wildman–Crippen LogP) is 3.17. The van der Waals surface area contributed by atoms with E-state index in [1.807, 2.05) is 19.1 Å². The molecule has 4 rings (SSSR count). The zero-order valence-electron chi connectivity index (χ0n) is 17.2.